The van der Waals surface area contributed by atoms with Crippen LogP contribution in [0.1, 0.15) is 5.56 Å². The smallest absolute Gasteiger partial charge is 0.132 e. The monoisotopic (exact) mass is 262 g/mol. The Morgan fingerprint density at radius 1 is 1.11 bits per heavy atom. The van der Waals surface area contributed by atoms with E-state index in [0.717, 1.165) is 0 Å². The maximum absolute atomic E-state index is 13.5. The number of ether oxygens (including phenoxy) is 1. The zero-order valence-corrected chi connectivity index (χ0v) is 10.2. The van der Waals surface area contributed by atoms with Crippen molar-refractivity contribution in [1.82, 2.24) is 0 Å². The Kier molecular flexibility index (Phi) is 4.07. The van der Waals surface area contributed by atoms with E-state index in [9.17, 15) is 8.78 Å². The molecular weight excluding hydrogens is 250 g/mol. The fourth-order valence-corrected chi connectivity index (χ4v) is 1.45. The number of anilines is 1. The number of halogens is 2. The SMILES string of the molecule is COc1ccc(F)c(/C=N/Nc2ccc(F)cc2)c1. The highest BCUT2D eigenvalue weighted by Gasteiger charge is 2.01. The predicted octanol–water partition coefficient (Wildman–Crippen LogP) is 3.42. The van der Waals surface area contributed by atoms with Gasteiger partial charge in [0, 0.05) is 5.56 Å². The maximum Gasteiger partial charge on any atom is 0.132 e. The Bertz CT molecular complexity index is 582. The summed E-state index contributed by atoms with van der Waals surface area (Å²) < 4.78 is 31.1. The van der Waals surface area contributed by atoms with E-state index >= 15 is 0 Å². The van der Waals surface area contributed by atoms with Crippen LogP contribution in [-0.4, -0.2) is 13.3 Å². The van der Waals surface area contributed by atoms with Crippen LogP contribution in [0.4, 0.5) is 14.5 Å². The zero-order valence-electron chi connectivity index (χ0n) is 10.2. The average molecular weight is 262 g/mol. The van der Waals surface area contributed by atoms with Crippen LogP contribution in [-0.2, 0) is 0 Å². The van der Waals surface area contributed by atoms with E-state index in [1.165, 1.54) is 55.8 Å². The molecule has 0 bridgehead atoms. The molecule has 3 nitrogen and oxygen atoms in total. The molecule has 0 aromatic heterocycles. The fraction of sp³-hybridized carbons (Fsp3) is 0.0714. The quantitative estimate of drug-likeness (QED) is 0.676. The van der Waals surface area contributed by atoms with Gasteiger partial charge in [0.25, 0.3) is 0 Å². The minimum Gasteiger partial charge on any atom is -0.497 e. The van der Waals surface area contributed by atoms with Crippen LogP contribution in [0.25, 0.3) is 0 Å². The third-order valence-corrected chi connectivity index (χ3v) is 2.44. The number of hydrazone groups is 1. The molecule has 19 heavy (non-hydrogen) atoms. The lowest BCUT2D eigenvalue weighted by molar-refractivity contribution is 0.413. The van der Waals surface area contributed by atoms with Crippen molar-refractivity contribution in [3.8, 4) is 5.75 Å². The van der Waals surface area contributed by atoms with E-state index in [1.54, 1.807) is 0 Å². The summed E-state index contributed by atoms with van der Waals surface area (Å²) in [5.41, 5.74) is 3.59. The van der Waals surface area contributed by atoms with E-state index in [1.807, 2.05) is 0 Å². The van der Waals surface area contributed by atoms with Crippen molar-refractivity contribution in [2.75, 3.05) is 12.5 Å². The number of hydrogen-bond donors (Lipinski definition) is 1. The van der Waals surface area contributed by atoms with Gasteiger partial charge in [-0.2, -0.15) is 5.10 Å². The Balaban J connectivity index is 2.08. The minimum atomic E-state index is -0.398. The van der Waals surface area contributed by atoms with Crippen molar-refractivity contribution in [3.63, 3.8) is 0 Å². The molecule has 0 fully saturated rings. The first-order chi connectivity index (χ1) is 9.19. The second-order valence-electron chi connectivity index (χ2n) is 3.76. The van der Waals surface area contributed by atoms with Gasteiger partial charge in [0.2, 0.25) is 0 Å². The van der Waals surface area contributed by atoms with Gasteiger partial charge >= 0.3 is 0 Å². The summed E-state index contributed by atoms with van der Waals surface area (Å²) in [6.07, 6.45) is 1.33. The molecule has 98 valence electrons. The normalized spacial score (nSPS) is 10.7. The highest BCUT2D eigenvalue weighted by atomic mass is 19.1. The van der Waals surface area contributed by atoms with Crippen molar-refractivity contribution in [2.45, 2.75) is 0 Å². The molecule has 2 aromatic rings. The first kappa shape index (κ1) is 13.0. The molecule has 2 aromatic carbocycles. The van der Waals surface area contributed by atoms with Gasteiger partial charge in [-0.05, 0) is 42.5 Å². The van der Waals surface area contributed by atoms with Crippen molar-refractivity contribution < 1.29 is 13.5 Å². The van der Waals surface area contributed by atoms with Gasteiger partial charge in [-0.15, -0.1) is 0 Å². The van der Waals surface area contributed by atoms with Crippen molar-refractivity contribution in [2.24, 2.45) is 5.10 Å². The van der Waals surface area contributed by atoms with Gasteiger partial charge in [0.05, 0.1) is 19.0 Å². The van der Waals surface area contributed by atoms with E-state index in [4.69, 9.17) is 4.74 Å². The molecular formula is C14H12F2N2O. The number of rotatable bonds is 4. The summed E-state index contributed by atoms with van der Waals surface area (Å²) in [4.78, 5) is 0. The number of benzene rings is 2. The second kappa shape index (κ2) is 5.95. The van der Waals surface area contributed by atoms with Gasteiger partial charge in [-0.3, -0.25) is 5.43 Å². The minimum absolute atomic E-state index is 0.300. The highest BCUT2D eigenvalue weighted by molar-refractivity contribution is 5.81. The van der Waals surface area contributed by atoms with Gasteiger partial charge < -0.3 is 4.74 Å². The van der Waals surface area contributed by atoms with Crippen molar-refractivity contribution in [1.29, 1.82) is 0 Å². The van der Waals surface area contributed by atoms with Gasteiger partial charge in [-0.25, -0.2) is 8.78 Å². The number of hydrogen-bond acceptors (Lipinski definition) is 3. The van der Waals surface area contributed by atoms with E-state index in [0.29, 0.717) is 17.0 Å². The molecule has 0 radical (unpaired) electrons. The molecule has 0 aliphatic carbocycles. The van der Waals surface area contributed by atoms with Crippen LogP contribution < -0.4 is 10.2 Å². The highest BCUT2D eigenvalue weighted by Crippen LogP contribution is 2.15. The molecule has 0 aliphatic rings. The lowest BCUT2D eigenvalue weighted by Gasteiger charge is -2.02. The molecule has 5 heteroatoms. The summed E-state index contributed by atoms with van der Waals surface area (Å²) in [7, 11) is 1.50. The third-order valence-electron chi connectivity index (χ3n) is 2.44. The summed E-state index contributed by atoms with van der Waals surface area (Å²) in [5.74, 6) is -0.177. The molecule has 2 rings (SSSR count). The standard InChI is InChI=1S/C14H12F2N2O/c1-19-13-6-7-14(16)10(8-13)9-17-18-12-4-2-11(15)3-5-12/h2-9,18H,1H3/b17-9+. The maximum atomic E-state index is 13.5. The summed E-state index contributed by atoms with van der Waals surface area (Å²) in [5, 5.41) is 3.88. The van der Waals surface area contributed by atoms with Crippen LogP contribution in [0, 0.1) is 11.6 Å². The van der Waals surface area contributed by atoms with Crippen molar-refractivity contribution in [3.05, 3.63) is 59.7 Å². The first-order valence-corrected chi connectivity index (χ1v) is 5.57. The average Bonchev–Trinajstić information content (AvgIpc) is 2.43. The molecule has 0 saturated carbocycles. The van der Waals surface area contributed by atoms with Crippen LogP contribution in [0.3, 0.4) is 0 Å². The Labute approximate surface area is 109 Å². The number of nitrogens with one attached hydrogen (secondary N) is 1. The lowest BCUT2D eigenvalue weighted by atomic mass is 10.2. The van der Waals surface area contributed by atoms with E-state index < -0.39 is 5.82 Å². The largest absolute Gasteiger partial charge is 0.497 e. The lowest BCUT2D eigenvalue weighted by Crippen LogP contribution is -1.94. The Morgan fingerprint density at radius 2 is 1.84 bits per heavy atom. The molecule has 1 N–H and O–H groups in total. The Hall–Kier alpha value is -2.43. The predicted molar refractivity (Wildman–Crippen MR) is 70.6 cm³/mol. The van der Waals surface area contributed by atoms with Crippen LogP contribution in [0.15, 0.2) is 47.6 Å². The molecule has 0 atom stereocenters. The summed E-state index contributed by atoms with van der Waals surface area (Å²) >= 11 is 0. The molecule has 0 aliphatic heterocycles. The Morgan fingerprint density at radius 3 is 2.53 bits per heavy atom. The molecule has 0 spiro atoms. The topological polar surface area (TPSA) is 33.6 Å². The second-order valence-corrected chi connectivity index (χ2v) is 3.76. The molecule has 0 heterocycles. The van der Waals surface area contributed by atoms with E-state index in [2.05, 4.69) is 10.5 Å². The summed E-state index contributed by atoms with van der Waals surface area (Å²) in [6, 6.07) is 10.1. The summed E-state index contributed by atoms with van der Waals surface area (Å²) in [6.45, 7) is 0. The zero-order chi connectivity index (χ0) is 13.7. The number of nitrogens with zero attached hydrogens (tertiary/aromatic N) is 1. The third kappa shape index (κ3) is 3.51. The first-order valence-electron chi connectivity index (χ1n) is 5.57. The molecule has 0 saturated heterocycles. The molecule has 0 unspecified atom stereocenters. The van der Waals surface area contributed by atoms with E-state index in [-0.39, 0.29) is 5.82 Å². The van der Waals surface area contributed by atoms with Gasteiger partial charge in [0.15, 0.2) is 0 Å². The van der Waals surface area contributed by atoms with Crippen LogP contribution in [0.2, 0.25) is 0 Å². The fourth-order valence-electron chi connectivity index (χ4n) is 1.45. The van der Waals surface area contributed by atoms with Gasteiger partial charge in [0.1, 0.15) is 17.4 Å². The van der Waals surface area contributed by atoms with Crippen LogP contribution in [0.5, 0.6) is 5.75 Å². The van der Waals surface area contributed by atoms with Gasteiger partial charge in [-0.1, -0.05) is 0 Å². The van der Waals surface area contributed by atoms with Crippen LogP contribution >= 0.6 is 0 Å². The molecule has 0 amide bonds. The van der Waals surface area contributed by atoms with Crippen molar-refractivity contribution >= 4 is 11.9 Å². The number of methoxy groups -OCH3 is 1.